The van der Waals surface area contributed by atoms with Crippen LogP contribution in [0.15, 0.2) is 28.9 Å². The topological polar surface area (TPSA) is 64.9 Å². The molecule has 0 aliphatic carbocycles. The van der Waals surface area contributed by atoms with Crippen molar-refractivity contribution >= 4 is 5.82 Å². The summed E-state index contributed by atoms with van der Waals surface area (Å²) in [4.78, 5) is 3.98. The Kier molecular flexibility index (Phi) is 2.18. The summed E-state index contributed by atoms with van der Waals surface area (Å²) in [6, 6.07) is 5.51. The van der Waals surface area contributed by atoms with Crippen LogP contribution >= 0.6 is 0 Å². The van der Waals surface area contributed by atoms with Gasteiger partial charge in [0, 0.05) is 17.8 Å². The van der Waals surface area contributed by atoms with E-state index in [2.05, 4.69) is 10.1 Å². The van der Waals surface area contributed by atoms with Gasteiger partial charge in [0.25, 0.3) is 0 Å². The average molecular weight is 189 g/mol. The molecule has 0 aliphatic rings. The number of anilines is 1. The number of aryl methyl sites for hydroxylation is 1. The van der Waals surface area contributed by atoms with Gasteiger partial charge < -0.3 is 10.3 Å². The lowest BCUT2D eigenvalue weighted by Gasteiger charge is -1.94. The zero-order valence-electron chi connectivity index (χ0n) is 7.90. The monoisotopic (exact) mass is 189 g/mol. The number of aromatic nitrogens is 2. The third-order valence-electron chi connectivity index (χ3n) is 1.99. The molecule has 0 bridgehead atoms. The fourth-order valence-electron chi connectivity index (χ4n) is 1.17. The molecule has 14 heavy (non-hydrogen) atoms. The first-order valence-electron chi connectivity index (χ1n) is 4.47. The van der Waals surface area contributed by atoms with Crippen molar-refractivity contribution in [3.8, 4) is 11.3 Å². The first kappa shape index (κ1) is 8.74. The van der Waals surface area contributed by atoms with Gasteiger partial charge in [-0.1, -0.05) is 12.1 Å². The van der Waals surface area contributed by atoms with E-state index in [0.29, 0.717) is 5.82 Å². The quantitative estimate of drug-likeness (QED) is 0.783. The van der Waals surface area contributed by atoms with Gasteiger partial charge in [-0.15, -0.1) is 0 Å². The minimum absolute atomic E-state index is 0.504. The molecule has 0 radical (unpaired) electrons. The number of hydrogen-bond acceptors (Lipinski definition) is 4. The van der Waals surface area contributed by atoms with Gasteiger partial charge in [-0.25, -0.2) is 4.98 Å². The molecule has 2 heterocycles. The lowest BCUT2D eigenvalue weighted by molar-refractivity contribution is 0.424. The van der Waals surface area contributed by atoms with Crippen molar-refractivity contribution < 1.29 is 4.52 Å². The molecular weight excluding hydrogens is 178 g/mol. The first-order valence-corrected chi connectivity index (χ1v) is 4.47. The van der Waals surface area contributed by atoms with Crippen LogP contribution in [0.4, 0.5) is 5.82 Å². The van der Waals surface area contributed by atoms with Gasteiger partial charge in [-0.05, 0) is 18.6 Å². The van der Waals surface area contributed by atoms with Crippen LogP contribution in [0.25, 0.3) is 11.3 Å². The third kappa shape index (κ3) is 1.59. The summed E-state index contributed by atoms with van der Waals surface area (Å²) in [7, 11) is 0. The van der Waals surface area contributed by atoms with E-state index in [1.54, 1.807) is 12.3 Å². The van der Waals surface area contributed by atoms with Crippen LogP contribution in [-0.4, -0.2) is 10.1 Å². The number of nitrogens with zero attached hydrogens (tertiary/aromatic N) is 2. The molecule has 0 spiro atoms. The molecule has 2 rings (SSSR count). The standard InChI is InChI=1S/C10H11N3O/c1-2-8-5-9(14-13-8)7-3-4-10(11)12-6-7/h3-6H,2H2,1H3,(H2,11,12). The van der Waals surface area contributed by atoms with Crippen LogP contribution < -0.4 is 5.73 Å². The molecule has 0 amide bonds. The highest BCUT2D eigenvalue weighted by Crippen LogP contribution is 2.19. The maximum absolute atomic E-state index is 5.48. The molecule has 72 valence electrons. The van der Waals surface area contributed by atoms with Gasteiger partial charge in [0.15, 0.2) is 5.76 Å². The molecule has 0 saturated carbocycles. The van der Waals surface area contributed by atoms with Crippen LogP contribution in [-0.2, 0) is 6.42 Å². The fourth-order valence-corrected chi connectivity index (χ4v) is 1.17. The predicted molar refractivity (Wildman–Crippen MR) is 53.5 cm³/mol. The second-order valence-corrected chi connectivity index (χ2v) is 3.01. The van der Waals surface area contributed by atoms with Crippen molar-refractivity contribution in [2.45, 2.75) is 13.3 Å². The van der Waals surface area contributed by atoms with E-state index in [-0.39, 0.29) is 0 Å². The fraction of sp³-hybridized carbons (Fsp3) is 0.200. The maximum Gasteiger partial charge on any atom is 0.168 e. The second kappa shape index (κ2) is 3.49. The van der Waals surface area contributed by atoms with Gasteiger partial charge in [-0.2, -0.15) is 0 Å². The minimum atomic E-state index is 0.504. The number of nitrogen functional groups attached to an aromatic ring is 1. The lowest BCUT2D eigenvalue weighted by Crippen LogP contribution is -1.88. The van der Waals surface area contributed by atoms with Crippen molar-refractivity contribution in [1.82, 2.24) is 10.1 Å². The van der Waals surface area contributed by atoms with E-state index >= 15 is 0 Å². The highest BCUT2D eigenvalue weighted by Gasteiger charge is 2.05. The second-order valence-electron chi connectivity index (χ2n) is 3.01. The molecule has 2 aromatic rings. The summed E-state index contributed by atoms with van der Waals surface area (Å²) in [5.74, 6) is 1.23. The average Bonchev–Trinajstić information content (AvgIpc) is 2.67. The Balaban J connectivity index is 2.34. The summed E-state index contributed by atoms with van der Waals surface area (Å²) in [6.07, 6.45) is 2.54. The van der Waals surface area contributed by atoms with Crippen LogP contribution in [0.5, 0.6) is 0 Å². The Labute approximate surface area is 81.7 Å². The smallest absolute Gasteiger partial charge is 0.168 e. The highest BCUT2D eigenvalue weighted by molar-refractivity contribution is 5.57. The van der Waals surface area contributed by atoms with Gasteiger partial charge in [0.05, 0.1) is 5.69 Å². The molecule has 2 aromatic heterocycles. The number of rotatable bonds is 2. The molecule has 2 N–H and O–H groups in total. The SMILES string of the molecule is CCc1cc(-c2ccc(N)nc2)on1. The zero-order chi connectivity index (χ0) is 9.97. The molecule has 0 saturated heterocycles. The molecule has 0 unspecified atom stereocenters. The van der Waals surface area contributed by atoms with Gasteiger partial charge in [0.1, 0.15) is 5.82 Å². The maximum atomic E-state index is 5.48. The van der Waals surface area contributed by atoms with Crippen LogP contribution in [0.1, 0.15) is 12.6 Å². The van der Waals surface area contributed by atoms with Crippen molar-refractivity contribution in [3.05, 3.63) is 30.1 Å². The normalized spacial score (nSPS) is 10.4. The number of pyridine rings is 1. The summed E-state index contributed by atoms with van der Waals surface area (Å²) in [5.41, 5.74) is 7.32. The van der Waals surface area contributed by atoms with Gasteiger partial charge in [0.2, 0.25) is 0 Å². The zero-order valence-corrected chi connectivity index (χ0v) is 7.90. The Morgan fingerprint density at radius 2 is 2.29 bits per heavy atom. The molecule has 4 nitrogen and oxygen atoms in total. The van der Waals surface area contributed by atoms with Crippen molar-refractivity contribution in [1.29, 1.82) is 0 Å². The van der Waals surface area contributed by atoms with Gasteiger partial charge in [-0.3, -0.25) is 0 Å². The minimum Gasteiger partial charge on any atom is -0.384 e. The number of nitrogens with two attached hydrogens (primary N) is 1. The summed E-state index contributed by atoms with van der Waals surface area (Å²) >= 11 is 0. The molecule has 0 aromatic carbocycles. The molecule has 0 atom stereocenters. The van der Waals surface area contributed by atoms with E-state index in [0.717, 1.165) is 23.4 Å². The van der Waals surface area contributed by atoms with E-state index in [1.165, 1.54) is 0 Å². The summed E-state index contributed by atoms with van der Waals surface area (Å²) in [5, 5.41) is 3.90. The Bertz CT molecular complexity index is 419. The molecule has 4 heteroatoms. The predicted octanol–water partition coefficient (Wildman–Crippen LogP) is 1.88. The van der Waals surface area contributed by atoms with E-state index in [1.807, 2.05) is 19.1 Å². The van der Waals surface area contributed by atoms with Crippen molar-refractivity contribution in [3.63, 3.8) is 0 Å². The highest BCUT2D eigenvalue weighted by atomic mass is 16.5. The van der Waals surface area contributed by atoms with Crippen LogP contribution in [0, 0.1) is 0 Å². The van der Waals surface area contributed by atoms with Crippen LogP contribution in [0.2, 0.25) is 0 Å². The Hall–Kier alpha value is -1.84. The van der Waals surface area contributed by atoms with E-state index < -0.39 is 0 Å². The third-order valence-corrected chi connectivity index (χ3v) is 1.99. The van der Waals surface area contributed by atoms with E-state index in [4.69, 9.17) is 10.3 Å². The summed E-state index contributed by atoms with van der Waals surface area (Å²) < 4.78 is 5.15. The van der Waals surface area contributed by atoms with Crippen molar-refractivity contribution in [2.24, 2.45) is 0 Å². The largest absolute Gasteiger partial charge is 0.384 e. The Morgan fingerprint density at radius 1 is 1.43 bits per heavy atom. The molecule has 0 fully saturated rings. The summed E-state index contributed by atoms with van der Waals surface area (Å²) in [6.45, 7) is 2.03. The van der Waals surface area contributed by atoms with Crippen molar-refractivity contribution in [2.75, 3.05) is 5.73 Å². The van der Waals surface area contributed by atoms with E-state index in [9.17, 15) is 0 Å². The molecule has 0 aliphatic heterocycles. The van der Waals surface area contributed by atoms with Gasteiger partial charge >= 0.3 is 0 Å². The first-order chi connectivity index (χ1) is 6.79. The van der Waals surface area contributed by atoms with Crippen LogP contribution in [0.3, 0.4) is 0 Å². The number of hydrogen-bond donors (Lipinski definition) is 1. The Morgan fingerprint density at radius 3 is 2.86 bits per heavy atom. The molecular formula is C10H11N3O. The lowest BCUT2D eigenvalue weighted by atomic mass is 10.2.